The molecular formula is C21H27N5O5. The molecule has 5 N–H and O–H groups in total. The minimum atomic E-state index is -1.09. The molecule has 2 aromatic carbocycles. The van der Waals surface area contributed by atoms with Crippen LogP contribution in [0, 0.1) is 10.1 Å². The standard InChI is InChI=1S/C21H27N5O5/c1-25(17-9-11-18(12-10-17)26(30)31)14-15-5-7-16(8-6-15)23-21(29)24-19(20(27)28)4-2-3-13-22/h5-12,19H,2-4,13-14,22H2,1H3,(H,27,28)(H2,23,24,29). The van der Waals surface area contributed by atoms with Crippen molar-refractivity contribution in [2.75, 3.05) is 23.8 Å². The van der Waals surface area contributed by atoms with Crippen LogP contribution in [0.1, 0.15) is 24.8 Å². The van der Waals surface area contributed by atoms with E-state index in [2.05, 4.69) is 10.6 Å². The average Bonchev–Trinajstić information content (AvgIpc) is 2.74. The lowest BCUT2D eigenvalue weighted by Crippen LogP contribution is -2.43. The minimum absolute atomic E-state index is 0.0374. The van der Waals surface area contributed by atoms with E-state index in [1.807, 2.05) is 24.1 Å². The van der Waals surface area contributed by atoms with Crippen LogP contribution in [0.3, 0.4) is 0 Å². The van der Waals surface area contributed by atoms with Crippen molar-refractivity contribution in [1.29, 1.82) is 0 Å². The molecular weight excluding hydrogens is 402 g/mol. The van der Waals surface area contributed by atoms with Gasteiger partial charge in [0.1, 0.15) is 6.04 Å². The number of hydrogen-bond donors (Lipinski definition) is 4. The molecule has 0 fully saturated rings. The number of carboxylic acids is 1. The van der Waals surface area contributed by atoms with Crippen molar-refractivity contribution in [3.63, 3.8) is 0 Å². The Morgan fingerprint density at radius 1 is 1.13 bits per heavy atom. The van der Waals surface area contributed by atoms with Crippen molar-refractivity contribution < 1.29 is 19.6 Å². The largest absolute Gasteiger partial charge is 0.480 e. The highest BCUT2D eigenvalue weighted by atomic mass is 16.6. The molecule has 0 aliphatic heterocycles. The molecule has 2 rings (SSSR count). The molecule has 166 valence electrons. The summed E-state index contributed by atoms with van der Waals surface area (Å²) in [6.45, 7) is 1.04. The Hall–Kier alpha value is -3.66. The molecule has 0 aliphatic rings. The maximum atomic E-state index is 12.1. The van der Waals surface area contributed by atoms with Gasteiger partial charge in [-0.25, -0.2) is 9.59 Å². The van der Waals surface area contributed by atoms with E-state index in [9.17, 15) is 24.8 Å². The van der Waals surface area contributed by atoms with Crippen LogP contribution >= 0.6 is 0 Å². The maximum absolute atomic E-state index is 12.1. The lowest BCUT2D eigenvalue weighted by Gasteiger charge is -2.19. The normalized spacial score (nSPS) is 11.4. The van der Waals surface area contributed by atoms with Gasteiger partial charge in [0.25, 0.3) is 5.69 Å². The number of unbranched alkanes of at least 4 members (excludes halogenated alkanes) is 1. The van der Waals surface area contributed by atoms with E-state index < -0.39 is 23.0 Å². The van der Waals surface area contributed by atoms with Gasteiger partial charge in [0.2, 0.25) is 0 Å². The summed E-state index contributed by atoms with van der Waals surface area (Å²) in [5.41, 5.74) is 7.79. The van der Waals surface area contributed by atoms with Crippen LogP contribution in [-0.4, -0.2) is 41.7 Å². The zero-order chi connectivity index (χ0) is 22.8. The van der Waals surface area contributed by atoms with Crippen molar-refractivity contribution >= 4 is 29.1 Å². The number of carboxylic acid groups (broad SMARTS) is 1. The number of rotatable bonds is 11. The van der Waals surface area contributed by atoms with Crippen molar-refractivity contribution in [3.05, 3.63) is 64.2 Å². The molecule has 0 radical (unpaired) electrons. The number of nitrogens with zero attached hydrogens (tertiary/aromatic N) is 2. The van der Waals surface area contributed by atoms with Crippen LogP contribution in [-0.2, 0) is 11.3 Å². The number of carbonyl (C=O) groups is 2. The summed E-state index contributed by atoms with van der Waals surface area (Å²) in [6.07, 6.45) is 1.63. The van der Waals surface area contributed by atoms with Gasteiger partial charge < -0.3 is 26.4 Å². The maximum Gasteiger partial charge on any atom is 0.326 e. The monoisotopic (exact) mass is 429 g/mol. The summed E-state index contributed by atoms with van der Waals surface area (Å²) in [7, 11) is 1.87. The Morgan fingerprint density at radius 2 is 1.77 bits per heavy atom. The van der Waals surface area contributed by atoms with Gasteiger partial charge in [-0.15, -0.1) is 0 Å². The SMILES string of the molecule is CN(Cc1ccc(NC(=O)NC(CCCCN)C(=O)O)cc1)c1ccc([N+](=O)[O-])cc1. The molecule has 0 saturated heterocycles. The third kappa shape index (κ3) is 7.59. The van der Waals surface area contributed by atoms with E-state index in [1.165, 1.54) is 12.1 Å². The number of anilines is 2. The second-order valence-corrected chi connectivity index (χ2v) is 7.10. The molecule has 1 unspecified atom stereocenters. The summed E-state index contributed by atoms with van der Waals surface area (Å²) in [4.78, 5) is 35.7. The Bertz CT molecular complexity index is 886. The first-order chi connectivity index (χ1) is 14.8. The van der Waals surface area contributed by atoms with Gasteiger partial charge in [-0.05, 0) is 55.6 Å². The zero-order valence-corrected chi connectivity index (χ0v) is 17.3. The second-order valence-electron chi connectivity index (χ2n) is 7.10. The molecule has 2 aromatic rings. The average molecular weight is 429 g/mol. The molecule has 0 bridgehead atoms. The van der Waals surface area contributed by atoms with Crippen LogP contribution in [0.25, 0.3) is 0 Å². The minimum Gasteiger partial charge on any atom is -0.480 e. The molecule has 0 heterocycles. The van der Waals surface area contributed by atoms with Crippen molar-refractivity contribution in [3.8, 4) is 0 Å². The van der Waals surface area contributed by atoms with Gasteiger partial charge in [-0.1, -0.05) is 12.1 Å². The Balaban J connectivity index is 1.89. The highest BCUT2D eigenvalue weighted by Gasteiger charge is 2.19. The first kappa shape index (κ1) is 23.6. The van der Waals surface area contributed by atoms with Crippen molar-refractivity contribution in [1.82, 2.24) is 5.32 Å². The molecule has 0 aliphatic carbocycles. The fourth-order valence-electron chi connectivity index (χ4n) is 2.96. The molecule has 1 atom stereocenters. The quantitative estimate of drug-likeness (QED) is 0.243. The number of nitro groups is 1. The fourth-order valence-corrected chi connectivity index (χ4v) is 2.96. The van der Waals surface area contributed by atoms with Crippen LogP contribution in [0.5, 0.6) is 0 Å². The Morgan fingerprint density at radius 3 is 2.32 bits per heavy atom. The van der Waals surface area contributed by atoms with Gasteiger partial charge in [0.05, 0.1) is 4.92 Å². The highest BCUT2D eigenvalue weighted by Crippen LogP contribution is 2.20. The number of nitro benzene ring substituents is 1. The molecule has 31 heavy (non-hydrogen) atoms. The number of hydrogen-bond acceptors (Lipinski definition) is 6. The number of amides is 2. The van der Waals surface area contributed by atoms with Crippen LogP contribution < -0.4 is 21.3 Å². The summed E-state index contributed by atoms with van der Waals surface area (Å²) < 4.78 is 0. The highest BCUT2D eigenvalue weighted by molar-refractivity contribution is 5.92. The summed E-state index contributed by atoms with van der Waals surface area (Å²) in [5.74, 6) is -1.09. The molecule has 0 aromatic heterocycles. The van der Waals surface area contributed by atoms with E-state index >= 15 is 0 Å². The fraction of sp³-hybridized carbons (Fsp3) is 0.333. The first-order valence-corrected chi connectivity index (χ1v) is 9.85. The number of carbonyl (C=O) groups excluding carboxylic acids is 1. The van der Waals surface area contributed by atoms with Gasteiger partial charge in [0, 0.05) is 37.1 Å². The lowest BCUT2D eigenvalue weighted by molar-refractivity contribution is -0.384. The van der Waals surface area contributed by atoms with Crippen LogP contribution in [0.15, 0.2) is 48.5 Å². The third-order valence-electron chi connectivity index (χ3n) is 4.68. The summed E-state index contributed by atoms with van der Waals surface area (Å²) in [5, 5.41) is 25.1. The topological polar surface area (TPSA) is 151 Å². The molecule has 0 spiro atoms. The van der Waals surface area contributed by atoms with E-state index in [0.717, 1.165) is 11.3 Å². The number of urea groups is 1. The predicted molar refractivity (Wildman–Crippen MR) is 118 cm³/mol. The number of nitrogens with two attached hydrogens (primary N) is 1. The van der Waals surface area contributed by atoms with Crippen molar-refractivity contribution in [2.24, 2.45) is 5.73 Å². The second kappa shape index (κ2) is 11.5. The van der Waals surface area contributed by atoms with E-state index in [-0.39, 0.29) is 5.69 Å². The zero-order valence-electron chi connectivity index (χ0n) is 17.3. The molecule has 10 nitrogen and oxygen atoms in total. The van der Waals surface area contributed by atoms with Gasteiger partial charge >= 0.3 is 12.0 Å². The molecule has 2 amide bonds. The lowest BCUT2D eigenvalue weighted by atomic mass is 10.1. The Labute approximate surface area is 180 Å². The van der Waals surface area contributed by atoms with Crippen LogP contribution in [0.2, 0.25) is 0 Å². The summed E-state index contributed by atoms with van der Waals surface area (Å²) >= 11 is 0. The van der Waals surface area contributed by atoms with Crippen LogP contribution in [0.4, 0.5) is 21.9 Å². The van der Waals surface area contributed by atoms with E-state index in [0.29, 0.717) is 38.0 Å². The van der Waals surface area contributed by atoms with Crippen molar-refractivity contribution in [2.45, 2.75) is 31.8 Å². The number of aliphatic carboxylic acids is 1. The molecule has 10 heteroatoms. The Kier molecular flexibility index (Phi) is 8.77. The smallest absolute Gasteiger partial charge is 0.326 e. The number of non-ortho nitro benzene ring substituents is 1. The predicted octanol–water partition coefficient (Wildman–Crippen LogP) is 2.93. The van der Waals surface area contributed by atoms with E-state index in [1.54, 1.807) is 24.3 Å². The van der Waals surface area contributed by atoms with E-state index in [4.69, 9.17) is 5.73 Å². The third-order valence-corrected chi connectivity index (χ3v) is 4.68. The van der Waals surface area contributed by atoms with Gasteiger partial charge in [-0.3, -0.25) is 10.1 Å². The van der Waals surface area contributed by atoms with Gasteiger partial charge in [0.15, 0.2) is 0 Å². The first-order valence-electron chi connectivity index (χ1n) is 9.85. The van der Waals surface area contributed by atoms with Gasteiger partial charge in [-0.2, -0.15) is 0 Å². The number of nitrogens with one attached hydrogen (secondary N) is 2. The number of benzene rings is 2. The summed E-state index contributed by atoms with van der Waals surface area (Å²) in [6, 6.07) is 11.9. The molecule has 0 saturated carbocycles.